The zero-order chi connectivity index (χ0) is 10.6. The van der Waals surface area contributed by atoms with Crippen LogP contribution in [0.2, 0.25) is 0 Å². The number of hydrogen-bond acceptors (Lipinski definition) is 3. The summed E-state index contributed by atoms with van der Waals surface area (Å²) in [6, 6.07) is 3.70. The van der Waals surface area contributed by atoms with Gasteiger partial charge < -0.3 is 10.8 Å². The SMILES string of the molecule is CC(C)C(CN)C(O)c1cccnc1. The molecule has 1 aromatic heterocycles. The van der Waals surface area contributed by atoms with Gasteiger partial charge in [-0.25, -0.2) is 0 Å². The van der Waals surface area contributed by atoms with Crippen molar-refractivity contribution >= 4 is 0 Å². The highest BCUT2D eigenvalue weighted by atomic mass is 16.3. The minimum Gasteiger partial charge on any atom is -0.388 e. The summed E-state index contributed by atoms with van der Waals surface area (Å²) < 4.78 is 0. The lowest BCUT2D eigenvalue weighted by Gasteiger charge is -2.24. The number of aromatic nitrogens is 1. The molecule has 0 aromatic carbocycles. The highest BCUT2D eigenvalue weighted by Crippen LogP contribution is 2.26. The quantitative estimate of drug-likeness (QED) is 0.760. The van der Waals surface area contributed by atoms with E-state index in [0.717, 1.165) is 5.56 Å². The molecule has 2 unspecified atom stereocenters. The molecular weight excluding hydrogens is 176 g/mol. The maximum atomic E-state index is 10.0. The second-order valence-electron chi connectivity index (χ2n) is 3.87. The van der Waals surface area contributed by atoms with Crippen LogP contribution in [0, 0.1) is 11.8 Å². The molecule has 3 heteroatoms. The van der Waals surface area contributed by atoms with Crippen LogP contribution in [0.15, 0.2) is 24.5 Å². The lowest BCUT2D eigenvalue weighted by molar-refractivity contribution is 0.0858. The van der Waals surface area contributed by atoms with Gasteiger partial charge in [-0.15, -0.1) is 0 Å². The standard InChI is InChI=1S/C11H18N2O/c1-8(2)10(6-12)11(14)9-4-3-5-13-7-9/h3-5,7-8,10-11,14H,6,12H2,1-2H3. The van der Waals surface area contributed by atoms with Gasteiger partial charge in [-0.3, -0.25) is 4.98 Å². The van der Waals surface area contributed by atoms with Crippen LogP contribution in [0.4, 0.5) is 0 Å². The van der Waals surface area contributed by atoms with Crippen LogP contribution in [0.5, 0.6) is 0 Å². The van der Waals surface area contributed by atoms with Gasteiger partial charge >= 0.3 is 0 Å². The molecule has 14 heavy (non-hydrogen) atoms. The van der Waals surface area contributed by atoms with E-state index in [2.05, 4.69) is 18.8 Å². The van der Waals surface area contributed by atoms with E-state index in [1.165, 1.54) is 0 Å². The summed E-state index contributed by atoms with van der Waals surface area (Å²) in [7, 11) is 0. The third-order valence-corrected chi connectivity index (χ3v) is 2.56. The van der Waals surface area contributed by atoms with E-state index in [1.54, 1.807) is 12.4 Å². The number of pyridine rings is 1. The van der Waals surface area contributed by atoms with E-state index < -0.39 is 6.10 Å². The maximum absolute atomic E-state index is 10.0. The number of rotatable bonds is 4. The molecule has 0 spiro atoms. The summed E-state index contributed by atoms with van der Waals surface area (Å²) in [6.45, 7) is 4.63. The minimum atomic E-state index is -0.506. The van der Waals surface area contributed by atoms with Crippen molar-refractivity contribution in [2.45, 2.75) is 20.0 Å². The topological polar surface area (TPSA) is 59.1 Å². The highest BCUT2D eigenvalue weighted by molar-refractivity contribution is 5.13. The predicted molar refractivity (Wildman–Crippen MR) is 56.6 cm³/mol. The highest BCUT2D eigenvalue weighted by Gasteiger charge is 2.22. The Morgan fingerprint density at radius 2 is 2.21 bits per heavy atom. The molecule has 0 bridgehead atoms. The number of nitrogens with zero attached hydrogens (tertiary/aromatic N) is 1. The van der Waals surface area contributed by atoms with Crippen LogP contribution in [-0.2, 0) is 0 Å². The normalized spacial score (nSPS) is 15.5. The lowest BCUT2D eigenvalue weighted by Crippen LogP contribution is -2.26. The Kier molecular flexibility index (Phi) is 4.04. The van der Waals surface area contributed by atoms with Gasteiger partial charge in [-0.2, -0.15) is 0 Å². The zero-order valence-corrected chi connectivity index (χ0v) is 8.72. The van der Waals surface area contributed by atoms with E-state index in [9.17, 15) is 5.11 Å². The molecule has 1 aromatic rings. The van der Waals surface area contributed by atoms with Crippen LogP contribution in [-0.4, -0.2) is 16.6 Å². The molecular formula is C11H18N2O. The number of nitrogens with two attached hydrogens (primary N) is 1. The summed E-state index contributed by atoms with van der Waals surface area (Å²) in [6.07, 6.45) is 2.88. The van der Waals surface area contributed by atoms with Gasteiger partial charge in [0.1, 0.15) is 0 Å². The van der Waals surface area contributed by atoms with E-state index in [1.807, 2.05) is 12.1 Å². The Bertz CT molecular complexity index is 261. The third kappa shape index (κ3) is 2.53. The molecule has 0 aliphatic heterocycles. The lowest BCUT2D eigenvalue weighted by atomic mass is 9.87. The first-order valence-corrected chi connectivity index (χ1v) is 4.95. The number of hydrogen-bond donors (Lipinski definition) is 2. The van der Waals surface area contributed by atoms with Crippen LogP contribution >= 0.6 is 0 Å². The predicted octanol–water partition coefficient (Wildman–Crippen LogP) is 1.35. The first-order valence-electron chi connectivity index (χ1n) is 4.95. The fraction of sp³-hybridized carbons (Fsp3) is 0.545. The molecule has 0 saturated carbocycles. The monoisotopic (exact) mass is 194 g/mol. The van der Waals surface area contributed by atoms with Crippen LogP contribution in [0.25, 0.3) is 0 Å². The molecule has 0 amide bonds. The maximum Gasteiger partial charge on any atom is 0.0847 e. The van der Waals surface area contributed by atoms with Crippen LogP contribution in [0.1, 0.15) is 25.5 Å². The van der Waals surface area contributed by atoms with Crippen LogP contribution < -0.4 is 5.73 Å². The molecule has 0 fully saturated rings. The van der Waals surface area contributed by atoms with E-state index in [-0.39, 0.29) is 5.92 Å². The van der Waals surface area contributed by atoms with Crippen molar-refractivity contribution in [2.24, 2.45) is 17.6 Å². The van der Waals surface area contributed by atoms with Gasteiger partial charge in [0.25, 0.3) is 0 Å². The van der Waals surface area contributed by atoms with Gasteiger partial charge in [0, 0.05) is 18.3 Å². The van der Waals surface area contributed by atoms with Crippen molar-refractivity contribution in [3.05, 3.63) is 30.1 Å². The largest absolute Gasteiger partial charge is 0.388 e. The van der Waals surface area contributed by atoms with E-state index in [0.29, 0.717) is 12.5 Å². The number of aliphatic hydroxyl groups excluding tert-OH is 1. The minimum absolute atomic E-state index is 0.0965. The molecule has 0 aliphatic rings. The average Bonchev–Trinajstić information content (AvgIpc) is 2.19. The Morgan fingerprint density at radius 1 is 1.50 bits per heavy atom. The first-order chi connectivity index (χ1) is 6.66. The Hall–Kier alpha value is -0.930. The van der Waals surface area contributed by atoms with Gasteiger partial charge in [0.2, 0.25) is 0 Å². The molecule has 0 aliphatic carbocycles. The molecule has 78 valence electrons. The number of aliphatic hydroxyl groups is 1. The van der Waals surface area contributed by atoms with Gasteiger partial charge in [-0.1, -0.05) is 19.9 Å². The van der Waals surface area contributed by atoms with Crippen molar-refractivity contribution in [3.63, 3.8) is 0 Å². The smallest absolute Gasteiger partial charge is 0.0847 e. The van der Waals surface area contributed by atoms with Gasteiger partial charge in [0.05, 0.1) is 6.10 Å². The average molecular weight is 194 g/mol. The summed E-state index contributed by atoms with van der Waals surface area (Å²) >= 11 is 0. The molecule has 1 heterocycles. The third-order valence-electron chi connectivity index (χ3n) is 2.56. The Morgan fingerprint density at radius 3 is 2.64 bits per heavy atom. The molecule has 0 saturated heterocycles. The van der Waals surface area contributed by atoms with Gasteiger partial charge in [-0.05, 0) is 24.1 Å². The molecule has 1 rings (SSSR count). The van der Waals surface area contributed by atoms with E-state index >= 15 is 0 Å². The summed E-state index contributed by atoms with van der Waals surface area (Å²) in [4.78, 5) is 3.98. The second kappa shape index (κ2) is 5.08. The van der Waals surface area contributed by atoms with Crippen molar-refractivity contribution in [1.82, 2.24) is 4.98 Å². The van der Waals surface area contributed by atoms with Crippen molar-refractivity contribution in [3.8, 4) is 0 Å². The van der Waals surface area contributed by atoms with Gasteiger partial charge in [0.15, 0.2) is 0 Å². The van der Waals surface area contributed by atoms with Crippen molar-refractivity contribution < 1.29 is 5.11 Å². The first kappa shape index (κ1) is 11.1. The van der Waals surface area contributed by atoms with Crippen molar-refractivity contribution in [1.29, 1.82) is 0 Å². The summed E-state index contributed by atoms with van der Waals surface area (Å²) in [5.41, 5.74) is 6.48. The van der Waals surface area contributed by atoms with E-state index in [4.69, 9.17) is 5.73 Å². The second-order valence-corrected chi connectivity index (χ2v) is 3.87. The molecule has 3 nitrogen and oxygen atoms in total. The van der Waals surface area contributed by atoms with Crippen molar-refractivity contribution in [2.75, 3.05) is 6.54 Å². The molecule has 3 N–H and O–H groups in total. The fourth-order valence-electron chi connectivity index (χ4n) is 1.56. The fourth-order valence-corrected chi connectivity index (χ4v) is 1.56. The van der Waals surface area contributed by atoms with Crippen LogP contribution in [0.3, 0.4) is 0 Å². The zero-order valence-electron chi connectivity index (χ0n) is 8.72. The Balaban J connectivity index is 2.78. The summed E-state index contributed by atoms with van der Waals surface area (Å²) in [5, 5.41) is 10.0. The molecule has 0 radical (unpaired) electrons. The molecule has 2 atom stereocenters. The Labute approximate surface area is 85.0 Å². The summed E-state index contributed by atoms with van der Waals surface area (Å²) in [5.74, 6) is 0.467.